The van der Waals surface area contributed by atoms with E-state index in [1.54, 1.807) is 20.1 Å². The molecule has 0 unspecified atom stereocenters. The van der Waals surface area contributed by atoms with E-state index in [9.17, 15) is 14.3 Å². The molecule has 3 atom stereocenters. The molecule has 2 aromatic rings. The van der Waals surface area contributed by atoms with E-state index in [2.05, 4.69) is 10.6 Å². The summed E-state index contributed by atoms with van der Waals surface area (Å²) in [6, 6.07) is 11.8. The number of likely N-dealkylation sites (N-methyl/N-ethyl adjacent to an activating group) is 1. The molecule has 2 aromatic carbocycles. The fourth-order valence-corrected chi connectivity index (χ4v) is 5.17. The van der Waals surface area contributed by atoms with Gasteiger partial charge in [0.1, 0.15) is 17.3 Å². The van der Waals surface area contributed by atoms with Gasteiger partial charge in [-0.2, -0.15) is 0 Å². The van der Waals surface area contributed by atoms with Gasteiger partial charge in [0.2, 0.25) is 0 Å². The van der Waals surface area contributed by atoms with E-state index in [4.69, 9.17) is 9.47 Å². The molecule has 0 aromatic heterocycles. The number of aryl methyl sites for hydroxylation is 1. The molecule has 1 aliphatic heterocycles. The summed E-state index contributed by atoms with van der Waals surface area (Å²) in [4.78, 5) is 14.8. The molecule has 0 radical (unpaired) electrons. The number of amides is 2. The Morgan fingerprint density at radius 3 is 2.76 bits per heavy atom. The van der Waals surface area contributed by atoms with Crippen molar-refractivity contribution in [1.29, 1.82) is 0 Å². The molecule has 1 fully saturated rings. The number of halogens is 1. The molecule has 0 spiro atoms. The number of unbranched alkanes of at least 4 members (excludes halogenated alkanes) is 1. The Morgan fingerprint density at radius 2 is 2.03 bits per heavy atom. The van der Waals surface area contributed by atoms with Crippen molar-refractivity contribution in [3.63, 3.8) is 0 Å². The summed E-state index contributed by atoms with van der Waals surface area (Å²) >= 11 is 0. The van der Waals surface area contributed by atoms with Gasteiger partial charge in [0, 0.05) is 50.9 Å². The Labute approximate surface area is 220 Å². The van der Waals surface area contributed by atoms with Crippen molar-refractivity contribution in [3.8, 4) is 11.5 Å². The number of para-hydroxylation sites is 1. The molecule has 3 N–H and O–H groups in total. The molecule has 0 bridgehead atoms. The van der Waals surface area contributed by atoms with Crippen LogP contribution in [0.25, 0.3) is 0 Å². The van der Waals surface area contributed by atoms with Gasteiger partial charge in [0.15, 0.2) is 0 Å². The van der Waals surface area contributed by atoms with Crippen molar-refractivity contribution in [3.05, 3.63) is 59.4 Å². The summed E-state index contributed by atoms with van der Waals surface area (Å²) in [7, 11) is 3.53. The van der Waals surface area contributed by atoms with Crippen molar-refractivity contribution in [2.24, 2.45) is 5.92 Å². The number of ether oxygens (including phenoxy) is 2. The van der Waals surface area contributed by atoms with Crippen molar-refractivity contribution in [2.45, 2.75) is 57.6 Å². The third-order valence-corrected chi connectivity index (χ3v) is 7.13. The van der Waals surface area contributed by atoms with Crippen LogP contribution in [0.2, 0.25) is 0 Å². The third kappa shape index (κ3) is 7.66. The number of hydrogen-bond acceptors (Lipinski definition) is 5. The number of methoxy groups -OCH3 is 1. The molecule has 2 amide bonds. The van der Waals surface area contributed by atoms with E-state index in [-0.39, 0.29) is 23.8 Å². The minimum atomic E-state index is -1.21. The maximum atomic E-state index is 13.7. The summed E-state index contributed by atoms with van der Waals surface area (Å²) < 4.78 is 25.2. The molecular formula is C29H42FN3O4. The summed E-state index contributed by atoms with van der Waals surface area (Å²) in [5.41, 5.74) is 0.148. The van der Waals surface area contributed by atoms with E-state index in [0.717, 1.165) is 25.7 Å². The van der Waals surface area contributed by atoms with Gasteiger partial charge in [-0.1, -0.05) is 18.2 Å². The molecule has 1 saturated heterocycles. The Kier molecular flexibility index (Phi) is 10.7. The van der Waals surface area contributed by atoms with Crippen molar-refractivity contribution >= 4 is 6.03 Å². The molecule has 1 aliphatic rings. The van der Waals surface area contributed by atoms with Gasteiger partial charge in [-0.3, -0.25) is 0 Å². The predicted octanol–water partition coefficient (Wildman–Crippen LogP) is 4.96. The van der Waals surface area contributed by atoms with E-state index in [1.165, 1.54) is 12.1 Å². The number of nitrogens with one attached hydrogen (secondary N) is 2. The van der Waals surface area contributed by atoms with Crippen LogP contribution in [0.4, 0.5) is 9.18 Å². The molecule has 37 heavy (non-hydrogen) atoms. The summed E-state index contributed by atoms with van der Waals surface area (Å²) in [5.74, 6) is 0.583. The molecule has 0 saturated carbocycles. The standard InChI is InChI=1S/C29H42FN3O4/c1-21-18-24(30)13-14-26(21)37-27-12-6-5-11-25(27)29(35,15-7-8-17-36-4)23-10-9-16-33(20-23)28(34)32-22(2)19-31-3/h5-6,11-14,18,22-23,31,35H,7-10,15-17,19-20H2,1-4H3,(H,32,34)/t22-,23+,29-/m0/s1. The predicted molar refractivity (Wildman–Crippen MR) is 143 cm³/mol. The first kappa shape index (κ1) is 28.9. The molecule has 1 heterocycles. The van der Waals surface area contributed by atoms with Crippen LogP contribution >= 0.6 is 0 Å². The van der Waals surface area contributed by atoms with Gasteiger partial charge in [-0.05, 0) is 82.8 Å². The zero-order valence-corrected chi connectivity index (χ0v) is 22.6. The average molecular weight is 516 g/mol. The van der Waals surface area contributed by atoms with E-state index < -0.39 is 5.60 Å². The first-order chi connectivity index (χ1) is 17.8. The normalized spacial score (nSPS) is 18.2. The van der Waals surface area contributed by atoms with Crippen LogP contribution in [0.3, 0.4) is 0 Å². The smallest absolute Gasteiger partial charge is 0.317 e. The molecule has 8 heteroatoms. The topological polar surface area (TPSA) is 83.1 Å². The summed E-state index contributed by atoms with van der Waals surface area (Å²) in [6.45, 7) is 6.16. The van der Waals surface area contributed by atoms with E-state index in [0.29, 0.717) is 55.3 Å². The Hall–Kier alpha value is -2.68. The number of carbonyl (C=O) groups excluding carboxylic acids is 1. The summed E-state index contributed by atoms with van der Waals surface area (Å²) in [6.07, 6.45) is 3.68. The number of likely N-dealkylation sites (tertiary alicyclic amines) is 1. The maximum absolute atomic E-state index is 13.7. The van der Waals surface area contributed by atoms with Crippen LogP contribution in [0.1, 0.15) is 50.2 Å². The highest BCUT2D eigenvalue weighted by atomic mass is 19.1. The number of rotatable bonds is 12. The van der Waals surface area contributed by atoms with E-state index in [1.807, 2.05) is 43.1 Å². The van der Waals surface area contributed by atoms with Crippen molar-refractivity contribution in [1.82, 2.24) is 15.5 Å². The SMILES string of the molecule is CNC[C@H](C)NC(=O)N1CCC[C@@H]([C@@](O)(CCCCOC)c2ccccc2Oc2ccc(F)cc2C)C1. The number of piperidine rings is 1. The Bertz CT molecular complexity index is 1020. The molecule has 3 rings (SSSR count). The number of benzene rings is 2. The van der Waals surface area contributed by atoms with Gasteiger partial charge < -0.3 is 30.1 Å². The van der Waals surface area contributed by atoms with E-state index >= 15 is 0 Å². The third-order valence-electron chi connectivity index (χ3n) is 7.13. The minimum Gasteiger partial charge on any atom is -0.457 e. The molecule has 204 valence electrons. The quantitative estimate of drug-likeness (QED) is 0.348. The van der Waals surface area contributed by atoms with Crippen molar-refractivity contribution in [2.75, 3.05) is 40.4 Å². The molecule has 7 nitrogen and oxygen atoms in total. The lowest BCUT2D eigenvalue weighted by Crippen LogP contribution is -2.53. The van der Waals surface area contributed by atoms with Crippen LogP contribution in [-0.4, -0.2) is 62.5 Å². The number of nitrogens with zero attached hydrogens (tertiary/aromatic N) is 1. The summed E-state index contributed by atoms with van der Waals surface area (Å²) in [5, 5.41) is 18.5. The fraction of sp³-hybridized carbons (Fsp3) is 0.552. The lowest BCUT2D eigenvalue weighted by Gasteiger charge is -2.43. The molecular weight excluding hydrogens is 473 g/mol. The van der Waals surface area contributed by atoms with Gasteiger partial charge in [-0.15, -0.1) is 0 Å². The van der Waals surface area contributed by atoms with Crippen LogP contribution in [0.5, 0.6) is 11.5 Å². The van der Waals surface area contributed by atoms with Crippen molar-refractivity contribution < 1.29 is 23.8 Å². The van der Waals surface area contributed by atoms with Crippen LogP contribution < -0.4 is 15.4 Å². The average Bonchev–Trinajstić information content (AvgIpc) is 2.88. The number of urea groups is 1. The maximum Gasteiger partial charge on any atom is 0.317 e. The number of aliphatic hydroxyl groups is 1. The highest BCUT2D eigenvalue weighted by Gasteiger charge is 2.43. The Balaban J connectivity index is 1.90. The second-order valence-electron chi connectivity index (χ2n) is 10.1. The second kappa shape index (κ2) is 13.7. The monoisotopic (exact) mass is 515 g/mol. The fourth-order valence-electron chi connectivity index (χ4n) is 5.17. The first-order valence-corrected chi connectivity index (χ1v) is 13.2. The van der Waals surface area contributed by atoms with Gasteiger partial charge in [0.25, 0.3) is 0 Å². The Morgan fingerprint density at radius 1 is 1.24 bits per heavy atom. The lowest BCUT2D eigenvalue weighted by atomic mass is 9.73. The van der Waals surface area contributed by atoms with Gasteiger partial charge in [0.05, 0.1) is 5.60 Å². The highest BCUT2D eigenvalue weighted by Crippen LogP contribution is 2.44. The van der Waals surface area contributed by atoms with Crippen LogP contribution in [0, 0.1) is 18.7 Å². The van der Waals surface area contributed by atoms with Crippen LogP contribution in [-0.2, 0) is 10.3 Å². The number of carbonyl (C=O) groups is 1. The molecule has 0 aliphatic carbocycles. The highest BCUT2D eigenvalue weighted by molar-refractivity contribution is 5.74. The second-order valence-corrected chi connectivity index (χ2v) is 10.1. The first-order valence-electron chi connectivity index (χ1n) is 13.2. The zero-order valence-electron chi connectivity index (χ0n) is 22.6. The number of hydrogen-bond donors (Lipinski definition) is 3. The van der Waals surface area contributed by atoms with Gasteiger partial charge in [-0.25, -0.2) is 9.18 Å². The van der Waals surface area contributed by atoms with Gasteiger partial charge >= 0.3 is 6.03 Å². The largest absolute Gasteiger partial charge is 0.457 e. The zero-order chi connectivity index (χ0) is 26.8. The lowest BCUT2D eigenvalue weighted by molar-refractivity contribution is -0.0574. The minimum absolute atomic E-state index is 0.00104. The van der Waals surface area contributed by atoms with Crippen LogP contribution in [0.15, 0.2) is 42.5 Å².